The molecule has 1 heterocycles. The minimum absolute atomic E-state index is 0.0408. The molecular formula is C12H19N3O4S2. The van der Waals surface area contributed by atoms with Gasteiger partial charge in [0.2, 0.25) is 10.0 Å². The quantitative estimate of drug-likeness (QED) is 0.848. The van der Waals surface area contributed by atoms with Crippen molar-refractivity contribution in [3.63, 3.8) is 0 Å². The predicted octanol–water partition coefficient (Wildman–Crippen LogP) is 0.785. The first kappa shape index (κ1) is 16.2. The first-order chi connectivity index (χ1) is 9.70. The van der Waals surface area contributed by atoms with E-state index in [0.29, 0.717) is 24.3 Å². The zero-order valence-electron chi connectivity index (χ0n) is 11.7. The van der Waals surface area contributed by atoms with Crippen LogP contribution in [0, 0.1) is 6.92 Å². The highest BCUT2D eigenvalue weighted by atomic mass is 32.2. The maximum atomic E-state index is 12.3. The molecule has 21 heavy (non-hydrogen) atoms. The molecule has 0 saturated carbocycles. The molecule has 0 atom stereocenters. The van der Waals surface area contributed by atoms with Crippen molar-refractivity contribution in [2.75, 3.05) is 17.8 Å². The second-order valence-electron chi connectivity index (χ2n) is 5.09. The van der Waals surface area contributed by atoms with Gasteiger partial charge in [-0.2, -0.15) is 12.7 Å². The number of nitrogens with two attached hydrogens (primary N) is 1. The number of aryl methyl sites for hydroxylation is 1. The number of rotatable bonds is 4. The molecule has 0 spiro atoms. The van der Waals surface area contributed by atoms with Crippen molar-refractivity contribution >= 4 is 25.9 Å². The van der Waals surface area contributed by atoms with E-state index in [1.54, 1.807) is 6.92 Å². The summed E-state index contributed by atoms with van der Waals surface area (Å²) in [6.07, 6.45) is 2.74. The topological polar surface area (TPSA) is 110 Å². The summed E-state index contributed by atoms with van der Waals surface area (Å²) in [6.45, 7) is 2.63. The number of hydrogen-bond acceptors (Lipinski definition) is 4. The molecule has 0 bridgehead atoms. The van der Waals surface area contributed by atoms with Crippen molar-refractivity contribution in [2.24, 2.45) is 5.14 Å². The molecule has 3 N–H and O–H groups in total. The number of nitrogens with one attached hydrogen (secondary N) is 1. The summed E-state index contributed by atoms with van der Waals surface area (Å²) in [6, 6.07) is 4.05. The molecule has 0 radical (unpaired) electrons. The Labute approximate surface area is 125 Å². The minimum Gasteiger partial charge on any atom is -0.271 e. The summed E-state index contributed by atoms with van der Waals surface area (Å²) < 4.78 is 50.9. The Morgan fingerprint density at radius 3 is 2.24 bits per heavy atom. The Balaban J connectivity index is 2.23. The Morgan fingerprint density at radius 1 is 1.10 bits per heavy atom. The fraction of sp³-hybridized carbons (Fsp3) is 0.500. The second kappa shape index (κ2) is 5.91. The van der Waals surface area contributed by atoms with Gasteiger partial charge in [0.25, 0.3) is 0 Å². The van der Waals surface area contributed by atoms with Gasteiger partial charge in [0.15, 0.2) is 0 Å². The minimum atomic E-state index is -3.79. The van der Waals surface area contributed by atoms with Gasteiger partial charge in [0.1, 0.15) is 0 Å². The first-order valence-corrected chi connectivity index (χ1v) is 9.60. The number of sulfonamides is 1. The van der Waals surface area contributed by atoms with Gasteiger partial charge in [0.05, 0.1) is 10.6 Å². The number of nitrogens with zero attached hydrogens (tertiary/aromatic N) is 1. The third-order valence-electron chi connectivity index (χ3n) is 3.42. The lowest BCUT2D eigenvalue weighted by Gasteiger charge is -2.26. The average Bonchev–Trinajstić information content (AvgIpc) is 2.41. The SMILES string of the molecule is Cc1cc(S(N)(=O)=O)ccc1NS(=O)(=O)N1CCCCC1. The molecule has 1 saturated heterocycles. The molecule has 1 aliphatic rings. The molecular weight excluding hydrogens is 314 g/mol. The first-order valence-electron chi connectivity index (χ1n) is 6.61. The summed E-state index contributed by atoms with van der Waals surface area (Å²) in [4.78, 5) is -0.0408. The number of primary sulfonamides is 1. The number of benzene rings is 1. The molecule has 9 heteroatoms. The molecule has 0 aliphatic carbocycles. The van der Waals surface area contributed by atoms with E-state index in [1.165, 1.54) is 22.5 Å². The van der Waals surface area contributed by atoms with Crippen LogP contribution in [0.4, 0.5) is 5.69 Å². The lowest BCUT2D eigenvalue weighted by molar-refractivity contribution is 0.349. The van der Waals surface area contributed by atoms with Crippen molar-refractivity contribution in [1.82, 2.24) is 4.31 Å². The summed E-state index contributed by atoms with van der Waals surface area (Å²) in [5.41, 5.74) is 0.857. The van der Waals surface area contributed by atoms with Crippen LogP contribution in [0.5, 0.6) is 0 Å². The van der Waals surface area contributed by atoms with Crippen molar-refractivity contribution in [3.8, 4) is 0 Å². The standard InChI is InChI=1S/C12H19N3O4S2/c1-10-9-11(20(13,16)17)5-6-12(10)14-21(18,19)15-7-3-2-4-8-15/h5-6,9,14H,2-4,7-8H2,1H3,(H2,13,16,17). The Kier molecular flexibility index (Phi) is 4.57. The molecule has 1 aromatic rings. The third-order valence-corrected chi connectivity index (χ3v) is 5.85. The van der Waals surface area contributed by atoms with Gasteiger partial charge in [-0.05, 0) is 43.5 Å². The van der Waals surface area contributed by atoms with Crippen molar-refractivity contribution in [1.29, 1.82) is 0 Å². The molecule has 1 aromatic carbocycles. The summed E-state index contributed by atoms with van der Waals surface area (Å²) in [7, 11) is -7.40. The van der Waals surface area contributed by atoms with Gasteiger partial charge in [-0.25, -0.2) is 13.6 Å². The summed E-state index contributed by atoms with van der Waals surface area (Å²) in [5.74, 6) is 0. The van der Waals surface area contributed by atoms with Crippen molar-refractivity contribution in [3.05, 3.63) is 23.8 Å². The maximum Gasteiger partial charge on any atom is 0.301 e. The van der Waals surface area contributed by atoms with Crippen LogP contribution in [-0.4, -0.2) is 34.2 Å². The van der Waals surface area contributed by atoms with Crippen LogP contribution in [-0.2, 0) is 20.2 Å². The molecule has 2 rings (SSSR count). The maximum absolute atomic E-state index is 12.3. The van der Waals surface area contributed by atoms with Crippen LogP contribution in [0.25, 0.3) is 0 Å². The number of piperidine rings is 1. The highest BCUT2D eigenvalue weighted by Crippen LogP contribution is 2.22. The molecule has 1 fully saturated rings. The molecule has 7 nitrogen and oxygen atoms in total. The molecule has 1 aliphatic heterocycles. The van der Waals surface area contributed by atoms with E-state index in [1.807, 2.05) is 0 Å². The van der Waals surface area contributed by atoms with Gasteiger partial charge in [0, 0.05) is 13.1 Å². The zero-order chi connectivity index (χ0) is 15.7. The highest BCUT2D eigenvalue weighted by molar-refractivity contribution is 7.90. The monoisotopic (exact) mass is 333 g/mol. The van der Waals surface area contributed by atoms with E-state index in [-0.39, 0.29) is 4.90 Å². The molecule has 118 valence electrons. The summed E-state index contributed by atoms with van der Waals surface area (Å²) in [5, 5.41) is 5.05. The normalized spacial score (nSPS) is 17.6. The second-order valence-corrected chi connectivity index (χ2v) is 8.32. The Bertz CT molecular complexity index is 723. The van der Waals surface area contributed by atoms with E-state index in [4.69, 9.17) is 5.14 Å². The van der Waals surface area contributed by atoms with Gasteiger partial charge in [-0.15, -0.1) is 0 Å². The van der Waals surface area contributed by atoms with Crippen LogP contribution in [0.3, 0.4) is 0 Å². The lowest BCUT2D eigenvalue weighted by Crippen LogP contribution is -2.39. The Morgan fingerprint density at radius 2 is 1.71 bits per heavy atom. The fourth-order valence-electron chi connectivity index (χ4n) is 2.24. The van der Waals surface area contributed by atoms with Gasteiger partial charge >= 0.3 is 10.2 Å². The van der Waals surface area contributed by atoms with Crippen LogP contribution in [0.15, 0.2) is 23.1 Å². The van der Waals surface area contributed by atoms with Gasteiger partial charge in [-0.3, -0.25) is 4.72 Å². The lowest BCUT2D eigenvalue weighted by atomic mass is 10.2. The van der Waals surface area contributed by atoms with Crippen LogP contribution >= 0.6 is 0 Å². The predicted molar refractivity (Wildman–Crippen MR) is 80.5 cm³/mol. The van der Waals surface area contributed by atoms with Gasteiger partial charge < -0.3 is 0 Å². The molecule has 0 amide bonds. The average molecular weight is 333 g/mol. The number of hydrogen-bond donors (Lipinski definition) is 2. The van der Waals surface area contributed by atoms with Gasteiger partial charge in [-0.1, -0.05) is 6.42 Å². The van der Waals surface area contributed by atoms with Crippen LogP contribution in [0.1, 0.15) is 24.8 Å². The summed E-state index contributed by atoms with van der Waals surface area (Å²) >= 11 is 0. The molecule has 0 unspecified atom stereocenters. The fourth-order valence-corrected chi connectivity index (χ4v) is 4.21. The van der Waals surface area contributed by atoms with E-state index in [2.05, 4.69) is 4.72 Å². The largest absolute Gasteiger partial charge is 0.301 e. The highest BCUT2D eigenvalue weighted by Gasteiger charge is 2.24. The number of anilines is 1. The zero-order valence-corrected chi connectivity index (χ0v) is 13.4. The smallest absolute Gasteiger partial charge is 0.271 e. The van der Waals surface area contributed by atoms with Crippen molar-refractivity contribution in [2.45, 2.75) is 31.1 Å². The van der Waals surface area contributed by atoms with E-state index >= 15 is 0 Å². The van der Waals surface area contributed by atoms with E-state index in [0.717, 1.165) is 19.3 Å². The van der Waals surface area contributed by atoms with E-state index in [9.17, 15) is 16.8 Å². The third kappa shape index (κ3) is 3.94. The molecule has 0 aromatic heterocycles. The Hall–Kier alpha value is -1.16. The van der Waals surface area contributed by atoms with Crippen molar-refractivity contribution < 1.29 is 16.8 Å². The van der Waals surface area contributed by atoms with Crippen LogP contribution in [0.2, 0.25) is 0 Å². The van der Waals surface area contributed by atoms with E-state index < -0.39 is 20.2 Å². The van der Waals surface area contributed by atoms with Crippen LogP contribution < -0.4 is 9.86 Å².